The van der Waals surface area contributed by atoms with E-state index in [1.807, 2.05) is 172 Å². The largest absolute Gasteiger partial charge is 0.305 e. The Morgan fingerprint density at radius 3 is 1.18 bits per heavy atom. The maximum absolute atomic E-state index is 4.56. The average molecular weight is 2440 g/mol. The first-order valence-electron chi connectivity index (χ1n) is 39.3. The van der Waals surface area contributed by atoms with Crippen LogP contribution in [0.5, 0.6) is 0 Å². The maximum atomic E-state index is 4.56. The van der Waals surface area contributed by atoms with Crippen LogP contribution >= 0.6 is 0 Å². The van der Waals surface area contributed by atoms with Crippen molar-refractivity contribution in [3.63, 3.8) is 0 Å². The Morgan fingerprint density at radius 2 is 0.765 bits per heavy atom. The van der Waals surface area contributed by atoms with Crippen molar-refractivity contribution >= 4 is 6.08 Å². The van der Waals surface area contributed by atoms with Gasteiger partial charge in [0.1, 0.15) is 0 Å². The zero-order valence-corrected chi connectivity index (χ0v) is 79.9. The summed E-state index contributed by atoms with van der Waals surface area (Å²) in [7, 11) is 0. The standard InChI is InChI=1S/C21H18N.C20H16N.C20H18N.C18H14N.C18H20N.C11H8N.5Ir/c1-21(11-12-21)19-10-13-22-20(15-19)18-9-5-8-17(14-18)16-6-3-2-4-7-16;1-2-5-15(6-3-1)17-7-4-8-19(13-17)20-14-18(11-12-21-20)16-9-10-16;1-15(2)16-9-11-17(12-10-16)18-6-5-7-19(14-18)20-8-3-4-13-21-20;1-14-10-11-18(19-13-14)17-9-5-8-16(12-17)15-6-3-2-4-7-15;1-5-7-14-8-6-9-15(12-14)17-11-10-16(13-19-17)18(2,3)4;1-2-6-10(7-3-1)11-8-4-5-9-12-11;;;;;/h2-8,10,13-15H,11-12H2,1H3;1-7,11-14,16H,9-10H2;3-6,8-15H,1-2H3;2-8,10-13H,1H3;5-8,10-13H,1-4H3;1-6,8-9H;;;;;/q6*-1;;;;;/b;;;;7-5+;;;;;;. The molecule has 6 aromatic heterocycles. The molecule has 18 rings (SSSR count). The van der Waals surface area contributed by atoms with Gasteiger partial charge in [-0.1, -0.05) is 235 Å². The summed E-state index contributed by atoms with van der Waals surface area (Å²) in [4.78, 5) is 26.7. The van der Waals surface area contributed by atoms with Gasteiger partial charge in [0.2, 0.25) is 0 Å². The molecule has 119 heavy (non-hydrogen) atoms. The van der Waals surface area contributed by atoms with Gasteiger partial charge in [-0.3, -0.25) is 0 Å². The van der Waals surface area contributed by atoms with Gasteiger partial charge in [-0.2, -0.15) is 0 Å². The second-order valence-corrected chi connectivity index (χ2v) is 30.2. The summed E-state index contributed by atoms with van der Waals surface area (Å²) in [5.41, 5.74) is 30.2. The topological polar surface area (TPSA) is 77.3 Å². The second-order valence-electron chi connectivity index (χ2n) is 30.2. The van der Waals surface area contributed by atoms with Crippen LogP contribution in [0.4, 0.5) is 0 Å². The maximum Gasteiger partial charge on any atom is 0.0198 e. The second kappa shape index (κ2) is 47.2. The van der Waals surface area contributed by atoms with Gasteiger partial charge in [0.15, 0.2) is 0 Å². The van der Waals surface area contributed by atoms with Crippen LogP contribution in [0, 0.1) is 43.3 Å². The number of benzene rings is 10. The molecule has 2 aliphatic rings. The summed E-state index contributed by atoms with van der Waals surface area (Å²) in [5, 5.41) is 0. The molecule has 16 aromatic rings. The van der Waals surface area contributed by atoms with Crippen molar-refractivity contribution in [3.05, 3.63) is 428 Å². The van der Waals surface area contributed by atoms with Gasteiger partial charge in [-0.05, 0) is 165 Å². The van der Waals surface area contributed by atoms with E-state index in [1.54, 1.807) is 6.20 Å². The summed E-state index contributed by atoms with van der Waals surface area (Å²) in [5.74, 6) is 1.32. The van der Waals surface area contributed by atoms with E-state index in [9.17, 15) is 0 Å². The van der Waals surface area contributed by atoms with E-state index < -0.39 is 0 Å². The van der Waals surface area contributed by atoms with E-state index in [0.29, 0.717) is 11.3 Å². The molecule has 10 aromatic carbocycles. The first-order chi connectivity index (χ1) is 55.7. The number of hydrogen-bond acceptors (Lipinski definition) is 6. The Bertz CT molecular complexity index is 5670. The Kier molecular flexibility index (Phi) is 37.5. The summed E-state index contributed by atoms with van der Waals surface area (Å²) < 4.78 is 0. The third-order valence-electron chi connectivity index (χ3n) is 20.1. The number of pyridine rings is 6. The zero-order valence-electron chi connectivity index (χ0n) is 68.0. The van der Waals surface area contributed by atoms with Crippen molar-refractivity contribution in [2.75, 3.05) is 0 Å². The molecule has 2 fully saturated rings. The van der Waals surface area contributed by atoms with Crippen molar-refractivity contribution in [2.24, 2.45) is 0 Å². The molecule has 0 amide bonds. The molecule has 0 spiro atoms. The van der Waals surface area contributed by atoms with E-state index in [1.165, 1.54) is 104 Å². The fourth-order valence-electron chi connectivity index (χ4n) is 13.0. The fourth-order valence-corrected chi connectivity index (χ4v) is 13.0. The average Bonchev–Trinajstić information content (AvgIpc) is 1.63. The SMILES string of the molecule is C/C=C/c1cc[c-]c(-c2ccc(C(C)(C)C)cn2)c1.CC(C)c1ccc(-c2cc[c-]c(-c3ccccn3)c2)cc1.CC1(c2ccnc(-c3[c-]ccc(-c4ccccc4)c3)c2)CC1.Cc1ccc(-c2[c-]ccc(-c3ccccc3)c2)nc1.[Ir].[Ir].[Ir].[Ir].[Ir].[c-]1ccc(-c2ccccc2)cc1-c1cc(C2CC2)ccn1.[c-]1ccccc1-c1ccccn1. The van der Waals surface area contributed by atoms with Crippen molar-refractivity contribution in [3.8, 4) is 112 Å². The number of allylic oxidation sites excluding steroid dienone is 1. The van der Waals surface area contributed by atoms with Crippen molar-refractivity contribution in [1.82, 2.24) is 29.9 Å². The van der Waals surface area contributed by atoms with E-state index in [2.05, 4.69) is 308 Å². The van der Waals surface area contributed by atoms with Crippen LogP contribution in [-0.4, -0.2) is 29.9 Å². The predicted octanol–water partition coefficient (Wildman–Crippen LogP) is 27.6. The van der Waals surface area contributed by atoms with Gasteiger partial charge >= 0.3 is 0 Å². The van der Waals surface area contributed by atoms with Crippen molar-refractivity contribution in [2.45, 2.75) is 104 Å². The predicted molar refractivity (Wildman–Crippen MR) is 474 cm³/mol. The molecule has 0 saturated heterocycles. The molecule has 0 N–H and O–H groups in total. The first-order valence-corrected chi connectivity index (χ1v) is 39.3. The molecular formula is C108H94Ir5N6-6. The van der Waals surface area contributed by atoms with Crippen molar-refractivity contribution < 1.29 is 101 Å². The van der Waals surface area contributed by atoms with E-state index in [-0.39, 0.29) is 106 Å². The quantitative estimate of drug-likeness (QED) is 0.101. The molecule has 0 aliphatic heterocycles. The monoisotopic (exact) mass is 2440 g/mol. The summed E-state index contributed by atoms with van der Waals surface area (Å²) >= 11 is 0. The third kappa shape index (κ3) is 27.8. The Hall–Kier alpha value is -9.91. The molecule has 5 radical (unpaired) electrons. The third-order valence-corrected chi connectivity index (χ3v) is 20.1. The van der Waals surface area contributed by atoms with Crippen LogP contribution < -0.4 is 0 Å². The van der Waals surface area contributed by atoms with Gasteiger partial charge in [0.25, 0.3) is 0 Å². The minimum atomic E-state index is 0. The Labute approximate surface area is 773 Å². The van der Waals surface area contributed by atoms with Crippen LogP contribution in [-0.2, 0) is 111 Å². The molecule has 607 valence electrons. The smallest absolute Gasteiger partial charge is 0.0198 e. The summed E-state index contributed by atoms with van der Waals surface area (Å²) in [6.45, 7) is 17.4. The molecule has 0 atom stereocenters. The van der Waals surface area contributed by atoms with Crippen LogP contribution in [0.15, 0.2) is 359 Å². The molecule has 6 heterocycles. The zero-order chi connectivity index (χ0) is 78.9. The molecule has 0 unspecified atom stereocenters. The summed E-state index contributed by atoms with van der Waals surface area (Å²) in [6.07, 6.45) is 20.6. The number of aromatic nitrogens is 6. The van der Waals surface area contributed by atoms with Gasteiger partial charge in [0, 0.05) is 138 Å². The molecule has 0 bridgehead atoms. The van der Waals surface area contributed by atoms with E-state index in [0.717, 1.165) is 73.5 Å². The van der Waals surface area contributed by atoms with Crippen LogP contribution in [0.2, 0.25) is 0 Å². The number of rotatable bonds is 14. The van der Waals surface area contributed by atoms with E-state index >= 15 is 0 Å². The molecule has 6 nitrogen and oxygen atoms in total. The van der Waals surface area contributed by atoms with Gasteiger partial charge < -0.3 is 29.9 Å². The minimum absolute atomic E-state index is 0. The number of nitrogens with zero attached hydrogens (tertiary/aromatic N) is 6. The molecule has 11 heteroatoms. The Balaban J connectivity index is 0.000000178. The first kappa shape index (κ1) is 94.6. The molecule has 2 saturated carbocycles. The van der Waals surface area contributed by atoms with Gasteiger partial charge in [-0.15, -0.1) is 213 Å². The van der Waals surface area contributed by atoms with E-state index in [4.69, 9.17) is 0 Å². The van der Waals surface area contributed by atoms with Crippen LogP contribution in [0.1, 0.15) is 119 Å². The van der Waals surface area contributed by atoms with Crippen molar-refractivity contribution in [1.29, 1.82) is 0 Å². The molecule has 2 aliphatic carbocycles. The van der Waals surface area contributed by atoms with Crippen LogP contribution in [0.25, 0.3) is 118 Å². The number of aryl methyl sites for hydroxylation is 1. The molecular weight excluding hydrogens is 2340 g/mol. The van der Waals surface area contributed by atoms with Gasteiger partial charge in [-0.25, -0.2) is 0 Å². The van der Waals surface area contributed by atoms with Gasteiger partial charge in [0.05, 0.1) is 0 Å². The normalized spacial score (nSPS) is 11.8. The number of hydrogen-bond donors (Lipinski definition) is 0. The minimum Gasteiger partial charge on any atom is -0.305 e. The summed E-state index contributed by atoms with van der Waals surface area (Å²) in [6, 6.07) is 127. The fraction of sp³-hybridized carbons (Fsp3) is 0.148. The van der Waals surface area contributed by atoms with Crippen LogP contribution in [0.3, 0.4) is 0 Å². The Morgan fingerprint density at radius 1 is 0.353 bits per heavy atom.